The minimum Gasteiger partial charge on any atom is -0.374 e. The number of likely N-dealkylation sites (N-methyl/N-ethyl adjacent to an activating group) is 2. The first-order valence-electron chi connectivity index (χ1n) is 7.94. The number of ether oxygens (including phenoxy) is 2. The summed E-state index contributed by atoms with van der Waals surface area (Å²) in [5.74, 6) is 0. The number of fused-ring (bicyclic) bond motifs is 1. The Balaban J connectivity index is 1.70. The lowest BCUT2D eigenvalue weighted by molar-refractivity contribution is -0.0532. The SMILES string of the molecule is CNC(CC1OCCc2ccccc21)C1CN(C)CCO1. The van der Waals surface area contributed by atoms with E-state index in [0.717, 1.165) is 39.1 Å². The molecule has 1 fully saturated rings. The molecule has 0 amide bonds. The van der Waals surface area contributed by atoms with Crippen molar-refractivity contribution in [2.75, 3.05) is 40.4 Å². The van der Waals surface area contributed by atoms with Gasteiger partial charge in [0.25, 0.3) is 0 Å². The zero-order valence-electron chi connectivity index (χ0n) is 13.0. The molecular formula is C17H26N2O2. The van der Waals surface area contributed by atoms with E-state index in [2.05, 4.69) is 41.5 Å². The van der Waals surface area contributed by atoms with Gasteiger partial charge in [0.05, 0.1) is 25.4 Å². The highest BCUT2D eigenvalue weighted by Gasteiger charge is 2.30. The molecule has 2 heterocycles. The van der Waals surface area contributed by atoms with Gasteiger partial charge < -0.3 is 19.7 Å². The van der Waals surface area contributed by atoms with Crippen molar-refractivity contribution >= 4 is 0 Å². The molecule has 1 saturated heterocycles. The van der Waals surface area contributed by atoms with E-state index in [4.69, 9.17) is 9.47 Å². The van der Waals surface area contributed by atoms with E-state index in [1.54, 1.807) is 0 Å². The van der Waals surface area contributed by atoms with E-state index in [-0.39, 0.29) is 12.2 Å². The van der Waals surface area contributed by atoms with Gasteiger partial charge in [-0.25, -0.2) is 0 Å². The van der Waals surface area contributed by atoms with Gasteiger partial charge in [-0.15, -0.1) is 0 Å². The summed E-state index contributed by atoms with van der Waals surface area (Å²) in [6.07, 6.45) is 2.42. The van der Waals surface area contributed by atoms with Gasteiger partial charge in [-0.2, -0.15) is 0 Å². The van der Waals surface area contributed by atoms with Crippen molar-refractivity contribution in [1.82, 2.24) is 10.2 Å². The number of nitrogens with zero attached hydrogens (tertiary/aromatic N) is 1. The number of nitrogens with one attached hydrogen (secondary N) is 1. The van der Waals surface area contributed by atoms with Gasteiger partial charge in [0.1, 0.15) is 0 Å². The normalized spacial score (nSPS) is 28.1. The van der Waals surface area contributed by atoms with E-state index in [0.29, 0.717) is 6.04 Å². The third kappa shape index (κ3) is 3.46. The predicted octanol–water partition coefficient (Wildman–Crippen LogP) is 1.61. The first-order valence-corrected chi connectivity index (χ1v) is 7.94. The van der Waals surface area contributed by atoms with Crippen LogP contribution in [0.1, 0.15) is 23.7 Å². The van der Waals surface area contributed by atoms with Crippen LogP contribution in [0, 0.1) is 0 Å². The maximum Gasteiger partial charge on any atom is 0.0856 e. The fourth-order valence-electron chi connectivity index (χ4n) is 3.41. The van der Waals surface area contributed by atoms with Crippen molar-refractivity contribution in [1.29, 1.82) is 0 Å². The Hall–Kier alpha value is -0.940. The van der Waals surface area contributed by atoms with E-state index in [1.807, 2.05) is 7.05 Å². The van der Waals surface area contributed by atoms with Crippen molar-refractivity contribution in [3.05, 3.63) is 35.4 Å². The summed E-state index contributed by atoms with van der Waals surface area (Å²) in [5.41, 5.74) is 2.79. The van der Waals surface area contributed by atoms with Gasteiger partial charge in [-0.05, 0) is 38.1 Å². The fourth-order valence-corrected chi connectivity index (χ4v) is 3.41. The highest BCUT2D eigenvalue weighted by Crippen LogP contribution is 2.31. The lowest BCUT2D eigenvalue weighted by Gasteiger charge is -2.37. The highest BCUT2D eigenvalue weighted by atomic mass is 16.5. The van der Waals surface area contributed by atoms with Crippen molar-refractivity contribution in [3.63, 3.8) is 0 Å². The molecule has 3 rings (SSSR count). The molecule has 4 nitrogen and oxygen atoms in total. The molecule has 2 aliphatic rings. The molecule has 0 bridgehead atoms. The molecule has 3 atom stereocenters. The average molecular weight is 290 g/mol. The van der Waals surface area contributed by atoms with E-state index in [9.17, 15) is 0 Å². The van der Waals surface area contributed by atoms with Gasteiger partial charge >= 0.3 is 0 Å². The van der Waals surface area contributed by atoms with Crippen molar-refractivity contribution < 1.29 is 9.47 Å². The van der Waals surface area contributed by atoms with Crippen LogP contribution >= 0.6 is 0 Å². The van der Waals surface area contributed by atoms with Crippen LogP contribution in [0.4, 0.5) is 0 Å². The number of benzene rings is 1. The quantitative estimate of drug-likeness (QED) is 0.913. The lowest BCUT2D eigenvalue weighted by atomic mass is 9.92. The number of rotatable bonds is 4. The largest absolute Gasteiger partial charge is 0.374 e. The second-order valence-corrected chi connectivity index (χ2v) is 6.11. The Morgan fingerprint density at radius 2 is 2.14 bits per heavy atom. The predicted molar refractivity (Wildman–Crippen MR) is 83.5 cm³/mol. The molecule has 21 heavy (non-hydrogen) atoms. The van der Waals surface area contributed by atoms with E-state index < -0.39 is 0 Å². The maximum atomic E-state index is 6.05. The zero-order valence-corrected chi connectivity index (χ0v) is 13.0. The molecule has 3 unspecified atom stereocenters. The summed E-state index contributed by atoms with van der Waals surface area (Å²) in [5, 5.41) is 3.44. The summed E-state index contributed by atoms with van der Waals surface area (Å²) < 4.78 is 12.0. The average Bonchev–Trinajstić information content (AvgIpc) is 2.52. The summed E-state index contributed by atoms with van der Waals surface area (Å²) >= 11 is 0. The summed E-state index contributed by atoms with van der Waals surface area (Å²) in [6, 6.07) is 8.99. The molecule has 116 valence electrons. The Labute approximate surface area is 127 Å². The Morgan fingerprint density at radius 1 is 1.29 bits per heavy atom. The van der Waals surface area contributed by atoms with E-state index in [1.165, 1.54) is 11.1 Å². The number of hydrogen-bond acceptors (Lipinski definition) is 4. The van der Waals surface area contributed by atoms with Crippen LogP contribution in [0.5, 0.6) is 0 Å². The maximum absolute atomic E-state index is 6.05. The summed E-state index contributed by atoms with van der Waals surface area (Å²) in [4.78, 5) is 2.34. The Morgan fingerprint density at radius 3 is 2.95 bits per heavy atom. The number of morpholine rings is 1. The van der Waals surface area contributed by atoms with Crippen LogP contribution < -0.4 is 5.32 Å². The van der Waals surface area contributed by atoms with Crippen molar-refractivity contribution in [2.24, 2.45) is 0 Å². The second-order valence-electron chi connectivity index (χ2n) is 6.11. The molecule has 0 saturated carbocycles. The second kappa shape index (κ2) is 6.88. The minimum atomic E-state index is 0.184. The molecule has 0 aromatic heterocycles. The first-order chi connectivity index (χ1) is 10.3. The molecule has 0 spiro atoms. The van der Waals surface area contributed by atoms with Gasteiger partial charge in [0.15, 0.2) is 0 Å². The van der Waals surface area contributed by atoms with Gasteiger partial charge in [0, 0.05) is 19.1 Å². The smallest absolute Gasteiger partial charge is 0.0856 e. The Kier molecular flexibility index (Phi) is 4.91. The first kappa shape index (κ1) is 15.0. The zero-order chi connectivity index (χ0) is 14.7. The number of hydrogen-bond donors (Lipinski definition) is 1. The van der Waals surface area contributed by atoms with Crippen LogP contribution in [0.3, 0.4) is 0 Å². The fraction of sp³-hybridized carbons (Fsp3) is 0.647. The minimum absolute atomic E-state index is 0.184. The van der Waals surface area contributed by atoms with Gasteiger partial charge in [-0.3, -0.25) is 0 Å². The van der Waals surface area contributed by atoms with Crippen molar-refractivity contribution in [2.45, 2.75) is 31.1 Å². The molecule has 0 radical (unpaired) electrons. The van der Waals surface area contributed by atoms with Crippen LogP contribution in [0.2, 0.25) is 0 Å². The van der Waals surface area contributed by atoms with Crippen LogP contribution in [-0.2, 0) is 15.9 Å². The standard InChI is InChI=1S/C17H26N2O2/c1-18-15(17-12-19(2)8-10-21-17)11-16-14-6-4-3-5-13(14)7-9-20-16/h3-6,15-18H,7-12H2,1-2H3. The summed E-state index contributed by atoms with van der Waals surface area (Å²) in [7, 11) is 4.19. The van der Waals surface area contributed by atoms with Crippen molar-refractivity contribution in [3.8, 4) is 0 Å². The molecular weight excluding hydrogens is 264 g/mol. The van der Waals surface area contributed by atoms with Gasteiger partial charge in [-0.1, -0.05) is 24.3 Å². The van der Waals surface area contributed by atoms with Crippen LogP contribution in [-0.4, -0.2) is 57.4 Å². The Bertz CT molecular complexity index is 466. The van der Waals surface area contributed by atoms with Crippen LogP contribution in [0.25, 0.3) is 0 Å². The molecule has 1 aromatic rings. The lowest BCUT2D eigenvalue weighted by Crippen LogP contribution is -2.51. The molecule has 1 aromatic carbocycles. The van der Waals surface area contributed by atoms with E-state index >= 15 is 0 Å². The molecule has 0 aliphatic carbocycles. The molecule has 2 aliphatic heterocycles. The third-order valence-corrected chi connectivity index (χ3v) is 4.68. The monoisotopic (exact) mass is 290 g/mol. The molecule has 1 N–H and O–H groups in total. The van der Waals surface area contributed by atoms with Gasteiger partial charge in [0.2, 0.25) is 0 Å². The topological polar surface area (TPSA) is 33.7 Å². The molecule has 4 heteroatoms. The highest BCUT2D eigenvalue weighted by molar-refractivity contribution is 5.31. The van der Waals surface area contributed by atoms with Crippen LogP contribution in [0.15, 0.2) is 24.3 Å². The third-order valence-electron chi connectivity index (χ3n) is 4.68. The summed E-state index contributed by atoms with van der Waals surface area (Å²) in [6.45, 7) is 3.65.